The van der Waals surface area contributed by atoms with Gasteiger partial charge in [0.1, 0.15) is 28.9 Å². The minimum atomic E-state index is -0.582. The van der Waals surface area contributed by atoms with Gasteiger partial charge in [-0.1, -0.05) is 19.1 Å². The van der Waals surface area contributed by atoms with Crippen LogP contribution in [0.25, 0.3) is 38.7 Å². The first-order valence-corrected chi connectivity index (χ1v) is 15.8. The molecule has 2 aromatic carbocycles. The smallest absolute Gasteiger partial charge is 0.430 e. The first-order valence-electron chi connectivity index (χ1n) is 15.0. The van der Waals surface area contributed by atoms with Crippen LogP contribution in [0.4, 0.5) is 13.6 Å². The Hall–Kier alpha value is -4.15. The zero-order valence-electron chi connectivity index (χ0n) is 24.6. The fraction of sp³-hybridized carbons (Fsp3) is 0.324. The molecule has 0 radical (unpaired) electrons. The van der Waals surface area contributed by atoms with E-state index in [2.05, 4.69) is 17.2 Å². The monoisotopic (exact) mass is 614 g/mol. The zero-order valence-corrected chi connectivity index (χ0v) is 25.4. The summed E-state index contributed by atoms with van der Waals surface area (Å²) in [5.41, 5.74) is 6.98. The Balaban J connectivity index is 1.16. The Bertz CT molecular complexity index is 1840. The van der Waals surface area contributed by atoms with Crippen molar-refractivity contribution >= 4 is 23.1 Å². The molecule has 7 rings (SSSR count). The molecule has 2 aliphatic rings. The van der Waals surface area contributed by atoms with E-state index in [4.69, 9.17) is 19.4 Å². The molecule has 1 unspecified atom stereocenters. The van der Waals surface area contributed by atoms with Crippen LogP contribution >= 0.6 is 11.3 Å². The Kier molecular flexibility index (Phi) is 7.63. The molecular weight excluding hydrogens is 582 g/mol. The Morgan fingerprint density at radius 3 is 2.50 bits per heavy atom. The summed E-state index contributed by atoms with van der Waals surface area (Å²) in [5, 5.41) is 2.63. The number of aromatic nitrogens is 3. The molecule has 44 heavy (non-hydrogen) atoms. The number of nitrogens with zero attached hydrogens (tertiary/aromatic N) is 4. The van der Waals surface area contributed by atoms with Crippen LogP contribution in [0.15, 0.2) is 60.1 Å². The maximum atomic E-state index is 16.3. The lowest BCUT2D eigenvalue weighted by Crippen LogP contribution is -2.39. The van der Waals surface area contributed by atoms with Crippen molar-refractivity contribution in [2.24, 2.45) is 0 Å². The van der Waals surface area contributed by atoms with Crippen molar-refractivity contribution in [2.75, 3.05) is 26.2 Å². The molecule has 3 aromatic heterocycles. The van der Waals surface area contributed by atoms with Crippen molar-refractivity contribution in [3.63, 3.8) is 0 Å². The molecule has 0 aliphatic carbocycles. The highest BCUT2D eigenvalue weighted by Crippen LogP contribution is 2.37. The number of carbonyl (C=O) groups is 1. The summed E-state index contributed by atoms with van der Waals surface area (Å²) >= 11 is 1.44. The maximum Gasteiger partial charge on any atom is 0.508 e. The molecule has 0 bridgehead atoms. The number of aryl methyl sites for hydroxylation is 1. The maximum absolute atomic E-state index is 16.3. The van der Waals surface area contributed by atoms with E-state index in [0.717, 1.165) is 59.8 Å². The van der Waals surface area contributed by atoms with Gasteiger partial charge in [-0.15, -0.1) is 11.3 Å². The quantitative estimate of drug-likeness (QED) is 0.175. The molecular formula is C34H32F2N4O3S. The van der Waals surface area contributed by atoms with Crippen molar-refractivity contribution in [3.8, 4) is 33.1 Å². The third kappa shape index (κ3) is 5.37. The van der Waals surface area contributed by atoms with Crippen molar-refractivity contribution in [2.45, 2.75) is 45.1 Å². The largest absolute Gasteiger partial charge is 0.508 e. The summed E-state index contributed by atoms with van der Waals surface area (Å²) in [4.78, 5) is 23.2. The molecule has 5 aromatic rings. The number of ether oxygens (including phenoxy) is 2. The van der Waals surface area contributed by atoms with Gasteiger partial charge in [-0.05, 0) is 92.7 Å². The predicted molar refractivity (Wildman–Crippen MR) is 166 cm³/mol. The molecule has 0 amide bonds. The van der Waals surface area contributed by atoms with Gasteiger partial charge < -0.3 is 9.47 Å². The topological polar surface area (TPSA) is 69.0 Å². The number of rotatable bonds is 7. The van der Waals surface area contributed by atoms with E-state index < -0.39 is 6.16 Å². The molecule has 2 fully saturated rings. The number of likely N-dealkylation sites (tertiary alicyclic amines) is 1. The first-order chi connectivity index (χ1) is 21.4. The average Bonchev–Trinajstić information content (AvgIpc) is 3.78. The summed E-state index contributed by atoms with van der Waals surface area (Å²) in [6.07, 6.45) is 3.98. The minimum absolute atomic E-state index is 0.200. The van der Waals surface area contributed by atoms with Gasteiger partial charge in [0, 0.05) is 34.8 Å². The van der Waals surface area contributed by atoms with E-state index in [9.17, 15) is 9.18 Å². The Morgan fingerprint density at radius 1 is 1.00 bits per heavy atom. The number of thiazole rings is 1. The number of imidazole rings is 1. The number of fused-ring (bicyclic) bond motifs is 1. The van der Waals surface area contributed by atoms with Crippen LogP contribution in [-0.2, 0) is 15.9 Å². The molecule has 226 valence electrons. The summed E-state index contributed by atoms with van der Waals surface area (Å²) in [6, 6.07) is 14.2. The highest BCUT2D eigenvalue weighted by Gasteiger charge is 2.30. The zero-order chi connectivity index (χ0) is 30.4. The average molecular weight is 615 g/mol. The fourth-order valence-corrected chi connectivity index (χ4v) is 7.24. The van der Waals surface area contributed by atoms with Crippen LogP contribution < -0.4 is 0 Å². The van der Waals surface area contributed by atoms with E-state index in [1.807, 2.05) is 34.9 Å². The highest BCUT2D eigenvalue weighted by atomic mass is 32.1. The molecule has 0 N–H and O–H groups in total. The summed E-state index contributed by atoms with van der Waals surface area (Å²) < 4.78 is 41.8. The van der Waals surface area contributed by atoms with Crippen LogP contribution in [-0.4, -0.2) is 57.8 Å². The summed E-state index contributed by atoms with van der Waals surface area (Å²) in [5.74, 6) is -0.213. The predicted octanol–water partition coefficient (Wildman–Crippen LogP) is 7.66. The van der Waals surface area contributed by atoms with Gasteiger partial charge in [0.25, 0.3) is 0 Å². The first kappa shape index (κ1) is 28.6. The number of carbonyl (C=O) groups excluding carboxylic acids is 1. The van der Waals surface area contributed by atoms with E-state index in [-0.39, 0.29) is 17.7 Å². The van der Waals surface area contributed by atoms with Gasteiger partial charge in [-0.3, -0.25) is 9.30 Å². The lowest BCUT2D eigenvalue weighted by atomic mass is 9.90. The fourth-order valence-electron chi connectivity index (χ4n) is 6.33. The number of pyridine rings is 1. The molecule has 2 aliphatic heterocycles. The van der Waals surface area contributed by atoms with Gasteiger partial charge in [0.15, 0.2) is 6.10 Å². The van der Waals surface area contributed by atoms with E-state index >= 15 is 4.39 Å². The van der Waals surface area contributed by atoms with E-state index in [1.165, 1.54) is 29.0 Å². The second-order valence-corrected chi connectivity index (χ2v) is 12.3. The lowest BCUT2D eigenvalue weighted by molar-refractivity contribution is 0.0934. The number of hydrogen-bond donors (Lipinski definition) is 0. The molecule has 7 nitrogen and oxygen atoms in total. The second kappa shape index (κ2) is 11.7. The number of halogens is 2. The highest BCUT2D eigenvalue weighted by molar-refractivity contribution is 7.13. The van der Waals surface area contributed by atoms with Crippen LogP contribution in [0, 0.1) is 18.6 Å². The van der Waals surface area contributed by atoms with Gasteiger partial charge in [-0.25, -0.2) is 23.5 Å². The Morgan fingerprint density at radius 2 is 1.77 bits per heavy atom. The van der Waals surface area contributed by atoms with Crippen LogP contribution in [0.2, 0.25) is 0 Å². The third-order valence-corrected chi connectivity index (χ3v) is 9.61. The molecule has 1 atom stereocenters. The van der Waals surface area contributed by atoms with Gasteiger partial charge in [0.05, 0.1) is 17.1 Å². The van der Waals surface area contributed by atoms with Crippen molar-refractivity contribution < 1.29 is 23.0 Å². The molecule has 0 spiro atoms. The summed E-state index contributed by atoms with van der Waals surface area (Å²) in [6.45, 7) is 6.65. The number of piperidine rings is 1. The number of cyclic esters (lactones) is 2. The van der Waals surface area contributed by atoms with Gasteiger partial charge in [0.2, 0.25) is 0 Å². The normalized spacial score (nSPS) is 17.7. The van der Waals surface area contributed by atoms with Gasteiger partial charge >= 0.3 is 6.16 Å². The SMILES string of the molecule is CCc1nc2ccc(C3CCN(CC4COC(=O)O4)CC3)cn2c1-c1ccc(-c2nc(-c3ccc(F)cc3)cs2)c(C)c1F. The minimum Gasteiger partial charge on any atom is -0.430 e. The van der Waals surface area contributed by atoms with Crippen LogP contribution in [0.3, 0.4) is 0 Å². The van der Waals surface area contributed by atoms with E-state index in [0.29, 0.717) is 41.6 Å². The number of hydrogen-bond acceptors (Lipinski definition) is 7. The van der Waals surface area contributed by atoms with Crippen molar-refractivity contribution in [1.82, 2.24) is 19.3 Å². The van der Waals surface area contributed by atoms with Crippen molar-refractivity contribution in [3.05, 3.63) is 88.6 Å². The standard InChI is InChI=1S/C34H32F2N4O3S/c1-3-28-32(27-10-9-26(20(2)31(27)36)33-38-29(19-44-33)22-4-7-24(35)8-5-22)40-16-23(6-11-30(40)37-28)21-12-14-39(15-13-21)17-25-18-42-34(41)43-25/h4-11,16,19,21,25H,3,12-15,17-18H2,1-2H3. The van der Waals surface area contributed by atoms with Gasteiger partial charge in [-0.2, -0.15) is 0 Å². The third-order valence-electron chi connectivity index (χ3n) is 8.74. The Labute approximate surface area is 258 Å². The molecule has 5 heterocycles. The van der Waals surface area contributed by atoms with Crippen LogP contribution in [0.5, 0.6) is 0 Å². The molecule has 10 heteroatoms. The second-order valence-electron chi connectivity index (χ2n) is 11.5. The van der Waals surface area contributed by atoms with E-state index in [1.54, 1.807) is 19.1 Å². The van der Waals surface area contributed by atoms with Crippen molar-refractivity contribution in [1.29, 1.82) is 0 Å². The number of benzene rings is 2. The summed E-state index contributed by atoms with van der Waals surface area (Å²) in [7, 11) is 0. The van der Waals surface area contributed by atoms with Crippen LogP contribution in [0.1, 0.15) is 42.5 Å². The molecule has 2 saturated heterocycles. The molecule has 0 saturated carbocycles. The lowest BCUT2D eigenvalue weighted by Gasteiger charge is -2.32.